The fraction of sp³-hybridized carbons (Fsp3) is 0.333. The van der Waals surface area contributed by atoms with E-state index in [2.05, 4.69) is 34.1 Å². The minimum atomic E-state index is -0.534. The summed E-state index contributed by atoms with van der Waals surface area (Å²) >= 11 is 3.45. The molecule has 0 radical (unpaired) electrons. The summed E-state index contributed by atoms with van der Waals surface area (Å²) in [6.45, 7) is 2.29. The maximum atomic E-state index is 9.82. The third kappa shape index (κ3) is 3.30. The molecular weight excluding hydrogens is 328 g/mol. The molecule has 0 heterocycles. The summed E-state index contributed by atoms with van der Waals surface area (Å²) in [4.78, 5) is 0. The molecule has 0 saturated heterocycles. The molecule has 110 valence electrons. The van der Waals surface area contributed by atoms with Crippen LogP contribution in [0.15, 0.2) is 40.9 Å². The number of rotatable bonds is 4. The van der Waals surface area contributed by atoms with Crippen molar-refractivity contribution >= 4 is 15.9 Å². The van der Waals surface area contributed by atoms with Crippen molar-refractivity contribution < 1.29 is 9.84 Å². The zero-order valence-electron chi connectivity index (χ0n) is 12.1. The number of benzene rings is 2. The van der Waals surface area contributed by atoms with Gasteiger partial charge in [0.25, 0.3) is 0 Å². The molecule has 2 nitrogen and oxygen atoms in total. The van der Waals surface area contributed by atoms with Crippen LogP contribution >= 0.6 is 15.9 Å². The molecule has 0 fully saturated rings. The first-order chi connectivity index (χ1) is 10.1. The fourth-order valence-corrected chi connectivity index (χ4v) is 3.19. The molecule has 3 rings (SSSR count). The molecule has 0 aromatic heterocycles. The lowest BCUT2D eigenvalue weighted by Gasteiger charge is -2.14. The number of halogens is 1. The Morgan fingerprint density at radius 3 is 2.76 bits per heavy atom. The van der Waals surface area contributed by atoms with Gasteiger partial charge in [0.15, 0.2) is 0 Å². The van der Waals surface area contributed by atoms with E-state index in [0.717, 1.165) is 15.8 Å². The lowest BCUT2D eigenvalue weighted by Crippen LogP contribution is -2.01. The largest absolute Gasteiger partial charge is 0.488 e. The predicted octanol–water partition coefficient (Wildman–Crippen LogP) is 4.57. The van der Waals surface area contributed by atoms with Crippen molar-refractivity contribution in [2.75, 3.05) is 0 Å². The summed E-state index contributed by atoms with van der Waals surface area (Å²) in [6, 6.07) is 12.3. The lowest BCUT2D eigenvalue weighted by molar-refractivity contribution is 0.190. The molecule has 0 saturated carbocycles. The smallest absolute Gasteiger partial charge is 0.126 e. The van der Waals surface area contributed by atoms with Gasteiger partial charge in [-0.3, -0.25) is 0 Å². The predicted molar refractivity (Wildman–Crippen MR) is 87.6 cm³/mol. The quantitative estimate of drug-likeness (QED) is 0.878. The second kappa shape index (κ2) is 6.20. The minimum absolute atomic E-state index is 0.531. The summed E-state index contributed by atoms with van der Waals surface area (Å²) < 4.78 is 6.89. The highest BCUT2D eigenvalue weighted by Crippen LogP contribution is 2.30. The first-order valence-corrected chi connectivity index (χ1v) is 8.14. The van der Waals surface area contributed by atoms with Crippen LogP contribution in [0.5, 0.6) is 5.75 Å². The van der Waals surface area contributed by atoms with E-state index in [4.69, 9.17) is 4.74 Å². The Kier molecular flexibility index (Phi) is 4.32. The van der Waals surface area contributed by atoms with E-state index >= 15 is 0 Å². The monoisotopic (exact) mass is 346 g/mol. The van der Waals surface area contributed by atoms with Crippen LogP contribution in [-0.2, 0) is 19.4 Å². The van der Waals surface area contributed by atoms with Crippen molar-refractivity contribution in [3.05, 3.63) is 63.1 Å². The average Bonchev–Trinajstić information content (AvgIpc) is 2.92. The molecule has 1 N–H and O–H groups in total. The number of hydrogen-bond acceptors (Lipinski definition) is 2. The average molecular weight is 347 g/mol. The fourth-order valence-electron chi connectivity index (χ4n) is 2.85. The summed E-state index contributed by atoms with van der Waals surface area (Å²) in [6.07, 6.45) is 3.11. The molecule has 0 spiro atoms. The van der Waals surface area contributed by atoms with Gasteiger partial charge >= 0.3 is 0 Å². The Morgan fingerprint density at radius 2 is 1.95 bits per heavy atom. The van der Waals surface area contributed by atoms with Crippen LogP contribution in [-0.4, -0.2) is 5.11 Å². The van der Waals surface area contributed by atoms with Gasteiger partial charge in [0, 0.05) is 10.0 Å². The molecular formula is C18H19BrO2. The van der Waals surface area contributed by atoms with Crippen LogP contribution in [0.2, 0.25) is 0 Å². The third-order valence-corrected chi connectivity index (χ3v) is 4.48. The number of ether oxygens (including phenoxy) is 1. The number of fused-ring (bicyclic) bond motifs is 1. The lowest BCUT2D eigenvalue weighted by atomic mass is 10.1. The van der Waals surface area contributed by atoms with E-state index in [0.29, 0.717) is 6.61 Å². The van der Waals surface area contributed by atoms with E-state index < -0.39 is 6.10 Å². The van der Waals surface area contributed by atoms with Crippen LogP contribution in [0.25, 0.3) is 0 Å². The first kappa shape index (κ1) is 14.6. The van der Waals surface area contributed by atoms with Crippen LogP contribution in [0.1, 0.15) is 41.7 Å². The molecule has 2 aromatic rings. The molecule has 0 bridgehead atoms. The molecule has 0 unspecified atom stereocenters. The highest BCUT2D eigenvalue weighted by Gasteiger charge is 2.12. The third-order valence-electron chi connectivity index (χ3n) is 3.98. The van der Waals surface area contributed by atoms with E-state index in [1.807, 2.05) is 18.2 Å². The van der Waals surface area contributed by atoms with Gasteiger partial charge in [0.1, 0.15) is 12.4 Å². The Morgan fingerprint density at radius 1 is 1.14 bits per heavy atom. The second-order valence-corrected chi connectivity index (χ2v) is 6.52. The number of hydrogen-bond donors (Lipinski definition) is 1. The number of aliphatic hydroxyl groups is 1. The first-order valence-electron chi connectivity index (χ1n) is 7.34. The molecule has 21 heavy (non-hydrogen) atoms. The van der Waals surface area contributed by atoms with Crippen molar-refractivity contribution in [1.29, 1.82) is 0 Å². The minimum Gasteiger partial charge on any atom is -0.488 e. The second-order valence-electron chi connectivity index (χ2n) is 5.60. The van der Waals surface area contributed by atoms with Crippen molar-refractivity contribution in [3.63, 3.8) is 0 Å². The summed E-state index contributed by atoms with van der Waals surface area (Å²) in [5, 5.41) is 9.82. The van der Waals surface area contributed by atoms with Gasteiger partial charge in [-0.25, -0.2) is 0 Å². The molecule has 1 aliphatic carbocycles. The normalized spacial score (nSPS) is 14.8. The standard InChI is InChI=1S/C18H19BrO2/c1-12(20)17-8-7-16(19)10-18(17)21-11-13-5-6-14-3-2-4-15(14)9-13/h5-10,12,20H,2-4,11H2,1H3/t12-/m0/s1. The van der Waals surface area contributed by atoms with Crippen LogP contribution in [0.3, 0.4) is 0 Å². The highest BCUT2D eigenvalue weighted by atomic mass is 79.9. The number of aliphatic hydroxyl groups excluding tert-OH is 1. The van der Waals surface area contributed by atoms with Crippen LogP contribution in [0, 0.1) is 0 Å². The molecule has 0 amide bonds. The summed E-state index contributed by atoms with van der Waals surface area (Å²) in [5.41, 5.74) is 4.94. The molecule has 2 aromatic carbocycles. The van der Waals surface area contributed by atoms with E-state index in [1.54, 1.807) is 6.92 Å². The zero-order chi connectivity index (χ0) is 14.8. The molecule has 0 aliphatic heterocycles. The van der Waals surface area contributed by atoms with Gasteiger partial charge in [-0.05, 0) is 55.0 Å². The van der Waals surface area contributed by atoms with Crippen molar-refractivity contribution in [1.82, 2.24) is 0 Å². The van der Waals surface area contributed by atoms with Crippen molar-refractivity contribution in [2.24, 2.45) is 0 Å². The topological polar surface area (TPSA) is 29.5 Å². The van der Waals surface area contributed by atoms with Gasteiger partial charge in [0.05, 0.1) is 6.10 Å². The molecule has 3 heteroatoms. The molecule has 1 atom stereocenters. The summed E-state index contributed by atoms with van der Waals surface area (Å²) in [5.74, 6) is 0.736. The maximum Gasteiger partial charge on any atom is 0.126 e. The maximum absolute atomic E-state index is 9.82. The summed E-state index contributed by atoms with van der Waals surface area (Å²) in [7, 11) is 0. The molecule has 1 aliphatic rings. The van der Waals surface area contributed by atoms with Gasteiger partial charge in [0.2, 0.25) is 0 Å². The highest BCUT2D eigenvalue weighted by molar-refractivity contribution is 9.10. The Balaban J connectivity index is 1.77. The van der Waals surface area contributed by atoms with Crippen molar-refractivity contribution in [3.8, 4) is 5.75 Å². The van der Waals surface area contributed by atoms with Gasteiger partial charge in [-0.2, -0.15) is 0 Å². The van der Waals surface area contributed by atoms with Crippen LogP contribution < -0.4 is 4.74 Å². The van der Waals surface area contributed by atoms with E-state index in [1.165, 1.54) is 36.0 Å². The van der Waals surface area contributed by atoms with Gasteiger partial charge in [-0.15, -0.1) is 0 Å². The Bertz CT molecular complexity index is 650. The Labute approximate surface area is 133 Å². The van der Waals surface area contributed by atoms with E-state index in [-0.39, 0.29) is 0 Å². The Hall–Kier alpha value is -1.32. The number of aryl methyl sites for hydroxylation is 2. The zero-order valence-corrected chi connectivity index (χ0v) is 13.7. The van der Waals surface area contributed by atoms with Gasteiger partial charge < -0.3 is 9.84 Å². The van der Waals surface area contributed by atoms with Crippen LogP contribution in [0.4, 0.5) is 0 Å². The van der Waals surface area contributed by atoms with Crippen molar-refractivity contribution in [2.45, 2.75) is 38.9 Å². The van der Waals surface area contributed by atoms with Gasteiger partial charge in [-0.1, -0.05) is 40.2 Å². The van der Waals surface area contributed by atoms with E-state index in [9.17, 15) is 5.11 Å². The SMILES string of the molecule is C[C@H](O)c1ccc(Br)cc1OCc1ccc2c(c1)CCC2.